The second-order valence-electron chi connectivity index (χ2n) is 4.33. The molecule has 3 N–H and O–H groups in total. The Balaban J connectivity index is 2.36. The Bertz CT molecular complexity index is 657. The molecule has 19 heavy (non-hydrogen) atoms. The van der Waals surface area contributed by atoms with Crippen molar-refractivity contribution < 1.29 is 5.21 Å². The average molecular weight is 257 g/mol. The van der Waals surface area contributed by atoms with E-state index in [2.05, 4.69) is 5.16 Å². The van der Waals surface area contributed by atoms with Gasteiger partial charge in [-0.2, -0.15) is 0 Å². The predicted molar refractivity (Wildman–Crippen MR) is 73.5 cm³/mol. The van der Waals surface area contributed by atoms with Crippen molar-refractivity contribution >= 4 is 5.84 Å². The molecule has 98 valence electrons. The Morgan fingerprint density at radius 3 is 2.63 bits per heavy atom. The molecule has 0 unspecified atom stereocenters. The lowest BCUT2D eigenvalue weighted by molar-refractivity contribution is 0.318. The van der Waals surface area contributed by atoms with Gasteiger partial charge in [0.05, 0.1) is 12.1 Å². The highest BCUT2D eigenvalue weighted by Gasteiger charge is 2.07. The Hall–Kier alpha value is -2.56. The van der Waals surface area contributed by atoms with Crippen LogP contribution in [0.1, 0.15) is 16.7 Å². The summed E-state index contributed by atoms with van der Waals surface area (Å²) in [5.41, 5.74) is 7.56. The van der Waals surface area contributed by atoms with Crippen LogP contribution in [-0.2, 0) is 6.54 Å². The molecule has 5 heteroatoms. The molecule has 0 saturated heterocycles. The second-order valence-corrected chi connectivity index (χ2v) is 4.33. The summed E-state index contributed by atoms with van der Waals surface area (Å²) in [6.07, 6.45) is 1.68. The molecule has 5 nitrogen and oxygen atoms in total. The number of aryl methyl sites for hydroxylation is 1. The number of aromatic nitrogens is 1. The zero-order valence-corrected chi connectivity index (χ0v) is 10.6. The van der Waals surface area contributed by atoms with Crippen LogP contribution in [0.4, 0.5) is 0 Å². The molecule has 0 aliphatic carbocycles. The van der Waals surface area contributed by atoms with Gasteiger partial charge in [0.25, 0.3) is 5.56 Å². The molecular formula is C14H15N3O2. The van der Waals surface area contributed by atoms with E-state index in [1.807, 2.05) is 31.2 Å². The minimum atomic E-state index is -0.279. The normalized spacial score (nSPS) is 11.5. The van der Waals surface area contributed by atoms with Crippen LogP contribution in [-0.4, -0.2) is 15.6 Å². The first-order valence-corrected chi connectivity index (χ1v) is 5.84. The molecule has 0 saturated carbocycles. The van der Waals surface area contributed by atoms with E-state index in [0.717, 1.165) is 5.56 Å². The number of benzene rings is 1. The molecular weight excluding hydrogens is 242 g/mol. The van der Waals surface area contributed by atoms with E-state index in [1.54, 1.807) is 12.3 Å². The summed E-state index contributed by atoms with van der Waals surface area (Å²) in [4.78, 5) is 12.1. The molecule has 0 spiro atoms. The molecule has 2 aromatic rings. The third-order valence-electron chi connectivity index (χ3n) is 2.88. The zero-order valence-electron chi connectivity index (χ0n) is 10.6. The van der Waals surface area contributed by atoms with Crippen molar-refractivity contribution in [1.82, 2.24) is 4.57 Å². The monoisotopic (exact) mass is 257 g/mol. The average Bonchev–Trinajstić information content (AvgIpc) is 2.43. The number of amidine groups is 1. The Morgan fingerprint density at radius 1 is 1.32 bits per heavy atom. The topological polar surface area (TPSA) is 80.6 Å². The van der Waals surface area contributed by atoms with Crippen LogP contribution in [0.3, 0.4) is 0 Å². The summed E-state index contributed by atoms with van der Waals surface area (Å²) in [6.45, 7) is 2.46. The smallest absolute Gasteiger partial charge is 0.261 e. The quantitative estimate of drug-likeness (QED) is 0.376. The number of nitrogens with two attached hydrogens (primary N) is 1. The van der Waals surface area contributed by atoms with Gasteiger partial charge in [0.15, 0.2) is 5.84 Å². The predicted octanol–water partition coefficient (Wildman–Crippen LogP) is 1.30. The number of nitrogens with zero attached hydrogens (tertiary/aromatic N) is 2. The van der Waals surface area contributed by atoms with E-state index in [0.29, 0.717) is 6.54 Å². The zero-order chi connectivity index (χ0) is 13.8. The summed E-state index contributed by atoms with van der Waals surface area (Å²) in [5.74, 6) is -0.178. The van der Waals surface area contributed by atoms with E-state index in [-0.39, 0.29) is 17.0 Å². The molecule has 0 aliphatic heterocycles. The van der Waals surface area contributed by atoms with Gasteiger partial charge in [0.1, 0.15) is 0 Å². The van der Waals surface area contributed by atoms with E-state index in [9.17, 15) is 4.79 Å². The number of hydrogen-bond donors (Lipinski definition) is 2. The maximum atomic E-state index is 12.1. The third kappa shape index (κ3) is 2.82. The van der Waals surface area contributed by atoms with Gasteiger partial charge >= 0.3 is 0 Å². The molecule has 1 aromatic carbocycles. The first-order chi connectivity index (χ1) is 9.11. The fourth-order valence-electron chi connectivity index (χ4n) is 1.80. The van der Waals surface area contributed by atoms with Crippen molar-refractivity contribution in [2.45, 2.75) is 13.5 Å². The molecule has 1 aromatic heterocycles. The van der Waals surface area contributed by atoms with Gasteiger partial charge in [0.2, 0.25) is 0 Å². The SMILES string of the molecule is Cc1ccc(Cn2cccc(/C(N)=N/O)c2=O)cc1. The van der Waals surface area contributed by atoms with Crippen LogP contribution in [0.15, 0.2) is 52.5 Å². The van der Waals surface area contributed by atoms with Gasteiger partial charge in [-0.25, -0.2) is 0 Å². The highest BCUT2D eigenvalue weighted by atomic mass is 16.4. The molecule has 0 radical (unpaired) electrons. The summed E-state index contributed by atoms with van der Waals surface area (Å²) >= 11 is 0. The largest absolute Gasteiger partial charge is 0.409 e. The van der Waals surface area contributed by atoms with Crippen LogP contribution in [0, 0.1) is 6.92 Å². The lowest BCUT2D eigenvalue weighted by Crippen LogP contribution is -2.29. The maximum absolute atomic E-state index is 12.1. The highest BCUT2D eigenvalue weighted by molar-refractivity contribution is 5.96. The van der Waals surface area contributed by atoms with Gasteiger partial charge in [-0.3, -0.25) is 4.79 Å². The standard InChI is InChI=1S/C14H15N3O2/c1-10-4-6-11(7-5-10)9-17-8-2-3-12(14(17)18)13(15)16-19/h2-8,19H,9H2,1H3,(H2,15,16). The van der Waals surface area contributed by atoms with Gasteiger partial charge in [-0.05, 0) is 24.6 Å². The summed E-state index contributed by atoms with van der Waals surface area (Å²) in [5, 5.41) is 11.5. The highest BCUT2D eigenvalue weighted by Crippen LogP contribution is 2.04. The van der Waals surface area contributed by atoms with Gasteiger partial charge in [0, 0.05) is 6.20 Å². The minimum absolute atomic E-state index is 0.178. The van der Waals surface area contributed by atoms with Crippen molar-refractivity contribution in [1.29, 1.82) is 0 Å². The van der Waals surface area contributed by atoms with Crippen LogP contribution in [0.25, 0.3) is 0 Å². The van der Waals surface area contributed by atoms with Crippen molar-refractivity contribution in [3.63, 3.8) is 0 Å². The molecule has 1 heterocycles. The Labute approximate surface area is 110 Å². The van der Waals surface area contributed by atoms with E-state index in [1.165, 1.54) is 16.2 Å². The number of rotatable bonds is 3. The fraction of sp³-hybridized carbons (Fsp3) is 0.143. The van der Waals surface area contributed by atoms with Gasteiger partial charge in [-0.1, -0.05) is 35.0 Å². The third-order valence-corrected chi connectivity index (χ3v) is 2.88. The molecule has 2 rings (SSSR count). The summed E-state index contributed by atoms with van der Waals surface area (Å²) in [6, 6.07) is 11.2. The van der Waals surface area contributed by atoms with Gasteiger partial charge < -0.3 is 15.5 Å². The maximum Gasteiger partial charge on any atom is 0.261 e. The van der Waals surface area contributed by atoms with Crippen LogP contribution in [0.2, 0.25) is 0 Å². The van der Waals surface area contributed by atoms with Crippen molar-refractivity contribution in [2.75, 3.05) is 0 Å². The Morgan fingerprint density at radius 2 is 2.00 bits per heavy atom. The molecule has 0 atom stereocenters. The number of hydrogen-bond acceptors (Lipinski definition) is 3. The first kappa shape index (κ1) is 12.9. The van der Waals surface area contributed by atoms with E-state index in [4.69, 9.17) is 10.9 Å². The molecule has 0 amide bonds. The molecule has 0 bridgehead atoms. The number of pyridine rings is 1. The second kappa shape index (κ2) is 5.39. The summed E-state index contributed by atoms with van der Waals surface area (Å²) in [7, 11) is 0. The Kier molecular flexibility index (Phi) is 3.66. The number of oxime groups is 1. The van der Waals surface area contributed by atoms with Gasteiger partial charge in [-0.15, -0.1) is 0 Å². The summed E-state index contributed by atoms with van der Waals surface area (Å²) < 4.78 is 1.53. The molecule has 0 fully saturated rings. The molecule has 0 aliphatic rings. The van der Waals surface area contributed by atoms with Crippen molar-refractivity contribution in [2.24, 2.45) is 10.9 Å². The minimum Gasteiger partial charge on any atom is -0.409 e. The van der Waals surface area contributed by atoms with E-state index >= 15 is 0 Å². The lowest BCUT2D eigenvalue weighted by atomic mass is 10.1. The van der Waals surface area contributed by atoms with Crippen LogP contribution >= 0.6 is 0 Å². The fourth-order valence-corrected chi connectivity index (χ4v) is 1.80. The lowest BCUT2D eigenvalue weighted by Gasteiger charge is -2.08. The first-order valence-electron chi connectivity index (χ1n) is 5.84. The van der Waals surface area contributed by atoms with Crippen molar-refractivity contribution in [3.05, 3.63) is 69.6 Å². The van der Waals surface area contributed by atoms with E-state index < -0.39 is 0 Å². The van der Waals surface area contributed by atoms with Crippen LogP contribution < -0.4 is 11.3 Å². The van der Waals surface area contributed by atoms with Crippen molar-refractivity contribution in [3.8, 4) is 0 Å². The van der Waals surface area contributed by atoms with Crippen LogP contribution in [0.5, 0.6) is 0 Å².